The second-order valence-electron chi connectivity index (χ2n) is 6.17. The molecule has 7 nitrogen and oxygen atoms in total. The van der Waals surface area contributed by atoms with Gasteiger partial charge in [0.05, 0.1) is 26.5 Å². The molecule has 0 saturated carbocycles. The van der Waals surface area contributed by atoms with E-state index in [9.17, 15) is 4.79 Å². The van der Waals surface area contributed by atoms with Gasteiger partial charge in [-0.25, -0.2) is 0 Å². The Labute approximate surface area is 160 Å². The van der Waals surface area contributed by atoms with E-state index in [-0.39, 0.29) is 12.5 Å². The van der Waals surface area contributed by atoms with Gasteiger partial charge in [-0.05, 0) is 42.2 Å². The molecule has 2 aromatic rings. The van der Waals surface area contributed by atoms with Crippen LogP contribution in [0.5, 0.6) is 5.75 Å². The molecule has 0 aliphatic heterocycles. The van der Waals surface area contributed by atoms with E-state index in [0.29, 0.717) is 18.4 Å². The number of hydrogen-bond donors (Lipinski definition) is 3. The Kier molecular flexibility index (Phi) is 8.22. The quantitative estimate of drug-likeness (QED) is 0.464. The van der Waals surface area contributed by atoms with E-state index in [1.54, 1.807) is 26.5 Å². The summed E-state index contributed by atoms with van der Waals surface area (Å²) < 4.78 is 10.4. The lowest BCUT2D eigenvalue weighted by molar-refractivity contribution is -0.120. The summed E-state index contributed by atoms with van der Waals surface area (Å²) >= 11 is 0. The lowest BCUT2D eigenvalue weighted by atomic mass is 9.98. The second kappa shape index (κ2) is 10.9. The third kappa shape index (κ3) is 7.05. The van der Waals surface area contributed by atoms with Crippen LogP contribution >= 0.6 is 0 Å². The number of amides is 1. The summed E-state index contributed by atoms with van der Waals surface area (Å²) in [4.78, 5) is 16.0. The van der Waals surface area contributed by atoms with Crippen LogP contribution in [0.1, 0.15) is 30.6 Å². The number of methoxy groups -OCH3 is 1. The van der Waals surface area contributed by atoms with Gasteiger partial charge in [0.15, 0.2) is 5.96 Å². The van der Waals surface area contributed by atoms with Crippen LogP contribution in [0, 0.1) is 0 Å². The van der Waals surface area contributed by atoms with Gasteiger partial charge in [-0.2, -0.15) is 0 Å². The van der Waals surface area contributed by atoms with Crippen molar-refractivity contribution >= 4 is 11.9 Å². The Morgan fingerprint density at radius 2 is 1.96 bits per heavy atom. The highest BCUT2D eigenvalue weighted by Crippen LogP contribution is 2.21. The van der Waals surface area contributed by atoms with Gasteiger partial charge in [-0.1, -0.05) is 19.1 Å². The molecule has 0 bridgehead atoms. The standard InChI is InChI=1S/C20H28N4O3/c1-15(16-6-8-17(26-3)9-7-16)10-11-22-20(21-2)24-14-19(25)23-13-18-5-4-12-27-18/h4-9,12,15H,10-11,13-14H2,1-3H3,(H,23,25)(H2,21,22,24). The van der Waals surface area contributed by atoms with Gasteiger partial charge >= 0.3 is 0 Å². The van der Waals surface area contributed by atoms with Crippen molar-refractivity contribution in [3.8, 4) is 5.75 Å². The Bertz CT molecular complexity index is 711. The van der Waals surface area contributed by atoms with E-state index < -0.39 is 0 Å². The van der Waals surface area contributed by atoms with Crippen molar-refractivity contribution in [1.82, 2.24) is 16.0 Å². The Balaban J connectivity index is 1.66. The number of nitrogens with zero attached hydrogens (tertiary/aromatic N) is 1. The summed E-state index contributed by atoms with van der Waals surface area (Å²) in [6.07, 6.45) is 2.52. The van der Waals surface area contributed by atoms with Crippen molar-refractivity contribution in [2.45, 2.75) is 25.8 Å². The maximum atomic E-state index is 11.9. The number of ether oxygens (including phenoxy) is 1. The molecule has 1 atom stereocenters. The third-order valence-corrected chi connectivity index (χ3v) is 4.23. The summed E-state index contributed by atoms with van der Waals surface area (Å²) in [6, 6.07) is 11.7. The number of hydrogen-bond acceptors (Lipinski definition) is 4. The highest BCUT2D eigenvalue weighted by atomic mass is 16.5. The Morgan fingerprint density at radius 3 is 2.59 bits per heavy atom. The second-order valence-corrected chi connectivity index (χ2v) is 6.17. The zero-order valence-electron chi connectivity index (χ0n) is 16.1. The number of carbonyl (C=O) groups excluding carboxylic acids is 1. The van der Waals surface area contributed by atoms with Crippen molar-refractivity contribution in [3.63, 3.8) is 0 Å². The van der Waals surface area contributed by atoms with Gasteiger partial charge in [0.25, 0.3) is 0 Å². The van der Waals surface area contributed by atoms with Crippen LogP contribution in [0.4, 0.5) is 0 Å². The van der Waals surface area contributed by atoms with Crippen molar-refractivity contribution in [1.29, 1.82) is 0 Å². The van der Waals surface area contributed by atoms with Gasteiger partial charge in [0.2, 0.25) is 5.91 Å². The average Bonchev–Trinajstić information content (AvgIpc) is 3.22. The molecule has 0 aliphatic carbocycles. The first-order chi connectivity index (χ1) is 13.1. The van der Waals surface area contributed by atoms with E-state index in [1.165, 1.54) is 5.56 Å². The first kappa shape index (κ1) is 20.4. The fourth-order valence-corrected chi connectivity index (χ4v) is 2.55. The number of rotatable bonds is 9. The van der Waals surface area contributed by atoms with E-state index in [2.05, 4.69) is 40.0 Å². The predicted molar refractivity (Wildman–Crippen MR) is 106 cm³/mol. The molecule has 1 unspecified atom stereocenters. The molecule has 27 heavy (non-hydrogen) atoms. The zero-order chi connectivity index (χ0) is 19.5. The highest BCUT2D eigenvalue weighted by Gasteiger charge is 2.08. The van der Waals surface area contributed by atoms with Crippen molar-refractivity contribution < 1.29 is 13.9 Å². The Morgan fingerprint density at radius 1 is 1.19 bits per heavy atom. The van der Waals surface area contributed by atoms with Gasteiger partial charge in [-0.15, -0.1) is 0 Å². The summed E-state index contributed by atoms with van der Waals surface area (Å²) in [5.74, 6) is 2.46. The fraction of sp³-hybridized carbons (Fsp3) is 0.400. The normalized spacial score (nSPS) is 12.3. The van der Waals surface area contributed by atoms with Crippen LogP contribution in [0.2, 0.25) is 0 Å². The molecule has 146 valence electrons. The predicted octanol–water partition coefficient (Wildman–Crippen LogP) is 2.26. The van der Waals surface area contributed by atoms with Crippen molar-refractivity contribution in [2.75, 3.05) is 27.2 Å². The van der Waals surface area contributed by atoms with Crippen molar-refractivity contribution in [3.05, 3.63) is 54.0 Å². The first-order valence-corrected chi connectivity index (χ1v) is 9.00. The molecule has 1 amide bonds. The Hall–Kier alpha value is -2.96. The third-order valence-electron chi connectivity index (χ3n) is 4.23. The molecular weight excluding hydrogens is 344 g/mol. The minimum absolute atomic E-state index is 0.124. The molecule has 1 heterocycles. The van der Waals surface area contributed by atoms with Gasteiger partial charge in [0.1, 0.15) is 11.5 Å². The van der Waals surface area contributed by atoms with Gasteiger partial charge in [0, 0.05) is 13.6 Å². The summed E-state index contributed by atoms with van der Waals surface area (Å²) in [7, 11) is 3.35. The molecule has 0 aliphatic rings. The molecule has 0 spiro atoms. The molecular formula is C20H28N4O3. The molecule has 3 N–H and O–H groups in total. The largest absolute Gasteiger partial charge is 0.497 e. The van der Waals surface area contributed by atoms with Crippen LogP contribution < -0.4 is 20.7 Å². The molecule has 0 saturated heterocycles. The topological polar surface area (TPSA) is 87.9 Å². The smallest absolute Gasteiger partial charge is 0.239 e. The number of guanidine groups is 1. The average molecular weight is 372 g/mol. The maximum absolute atomic E-state index is 11.9. The van der Waals surface area contributed by atoms with E-state index in [1.807, 2.05) is 18.2 Å². The van der Waals surface area contributed by atoms with Crippen LogP contribution in [-0.4, -0.2) is 39.1 Å². The molecule has 7 heteroatoms. The lowest BCUT2D eigenvalue weighted by Crippen LogP contribution is -2.43. The number of nitrogens with one attached hydrogen (secondary N) is 3. The van der Waals surface area contributed by atoms with Crippen LogP contribution in [0.3, 0.4) is 0 Å². The molecule has 2 rings (SSSR count). The number of benzene rings is 1. The van der Waals surface area contributed by atoms with Gasteiger partial charge < -0.3 is 25.1 Å². The van der Waals surface area contributed by atoms with Crippen molar-refractivity contribution in [2.24, 2.45) is 4.99 Å². The molecule has 0 radical (unpaired) electrons. The van der Waals surface area contributed by atoms with E-state index >= 15 is 0 Å². The van der Waals surface area contributed by atoms with Crippen LogP contribution in [0.25, 0.3) is 0 Å². The van der Waals surface area contributed by atoms with Gasteiger partial charge in [-0.3, -0.25) is 9.79 Å². The summed E-state index contributed by atoms with van der Waals surface area (Å²) in [6.45, 7) is 3.45. The minimum Gasteiger partial charge on any atom is -0.497 e. The maximum Gasteiger partial charge on any atom is 0.239 e. The number of aliphatic imine (C=N–C) groups is 1. The number of furan rings is 1. The molecule has 1 aromatic heterocycles. The van der Waals surface area contributed by atoms with Crippen LogP contribution in [0.15, 0.2) is 52.1 Å². The number of carbonyl (C=O) groups is 1. The zero-order valence-corrected chi connectivity index (χ0v) is 16.1. The lowest BCUT2D eigenvalue weighted by Gasteiger charge is -2.15. The van der Waals surface area contributed by atoms with E-state index in [0.717, 1.165) is 24.5 Å². The molecule has 1 aromatic carbocycles. The summed E-state index contributed by atoms with van der Waals surface area (Å²) in [5.41, 5.74) is 1.26. The highest BCUT2D eigenvalue weighted by molar-refractivity contribution is 5.86. The van der Waals surface area contributed by atoms with E-state index in [4.69, 9.17) is 9.15 Å². The minimum atomic E-state index is -0.124. The SMILES string of the molecule is CN=C(NCCC(C)c1ccc(OC)cc1)NCC(=O)NCc1ccco1. The van der Waals surface area contributed by atoms with Crippen LogP contribution in [-0.2, 0) is 11.3 Å². The fourth-order valence-electron chi connectivity index (χ4n) is 2.55. The summed E-state index contributed by atoms with van der Waals surface area (Å²) in [5, 5.41) is 9.02. The first-order valence-electron chi connectivity index (χ1n) is 9.00. The molecule has 0 fully saturated rings. The monoisotopic (exact) mass is 372 g/mol.